The summed E-state index contributed by atoms with van der Waals surface area (Å²) >= 11 is 3.61. The molecule has 2 aromatic rings. The minimum atomic E-state index is 0.360. The first kappa shape index (κ1) is 14.3. The third kappa shape index (κ3) is 3.48. The average molecular weight is 326 g/mol. The van der Waals surface area contributed by atoms with Crippen molar-refractivity contribution in [1.29, 1.82) is 0 Å². The van der Waals surface area contributed by atoms with Gasteiger partial charge in [0.2, 0.25) is 0 Å². The van der Waals surface area contributed by atoms with Crippen LogP contribution in [0, 0.1) is 6.92 Å². The van der Waals surface area contributed by atoms with Crippen LogP contribution in [0.2, 0.25) is 0 Å². The molecule has 0 fully saturated rings. The van der Waals surface area contributed by atoms with Crippen LogP contribution in [0.1, 0.15) is 31.0 Å². The van der Waals surface area contributed by atoms with E-state index in [0.717, 1.165) is 35.4 Å². The Balaban J connectivity index is 1.95. The van der Waals surface area contributed by atoms with Gasteiger partial charge in [0.25, 0.3) is 0 Å². The predicted molar refractivity (Wildman–Crippen MR) is 79.1 cm³/mol. The van der Waals surface area contributed by atoms with Gasteiger partial charge in [0.15, 0.2) is 0 Å². The highest BCUT2D eigenvalue weighted by Crippen LogP contribution is 2.21. The lowest BCUT2D eigenvalue weighted by atomic mass is 10.2. The number of nitrogens with zero attached hydrogens (tertiary/aromatic N) is 2. The molecule has 19 heavy (non-hydrogen) atoms. The maximum atomic E-state index is 5.36. The maximum Gasteiger partial charge on any atom is 0.105 e. The van der Waals surface area contributed by atoms with E-state index in [1.807, 2.05) is 23.7 Å². The predicted octanol–water partition coefficient (Wildman–Crippen LogP) is 3.29. The van der Waals surface area contributed by atoms with Crippen LogP contribution in [-0.2, 0) is 19.5 Å². The highest BCUT2D eigenvalue weighted by molar-refractivity contribution is 9.10. The SMILES string of the molecule is CCn1nc(C)c(Br)c1CNC(C)Cc1ccco1. The quantitative estimate of drug-likeness (QED) is 0.886. The molecule has 0 aliphatic carbocycles. The monoisotopic (exact) mass is 325 g/mol. The normalized spacial score (nSPS) is 12.8. The summed E-state index contributed by atoms with van der Waals surface area (Å²) < 4.78 is 8.50. The summed E-state index contributed by atoms with van der Waals surface area (Å²) in [5.41, 5.74) is 2.24. The van der Waals surface area contributed by atoms with Crippen molar-refractivity contribution in [2.24, 2.45) is 0 Å². The number of hydrogen-bond acceptors (Lipinski definition) is 3. The van der Waals surface area contributed by atoms with Crippen molar-refractivity contribution in [2.45, 2.75) is 46.3 Å². The summed E-state index contributed by atoms with van der Waals surface area (Å²) in [6, 6.07) is 4.29. The van der Waals surface area contributed by atoms with Crippen LogP contribution in [0.3, 0.4) is 0 Å². The lowest BCUT2D eigenvalue weighted by molar-refractivity contribution is 0.449. The standard InChI is InChI=1S/C14H20BrN3O/c1-4-18-13(14(15)11(3)17-18)9-16-10(2)8-12-6-5-7-19-12/h5-7,10,16H,4,8-9H2,1-3H3. The molecule has 0 spiro atoms. The molecule has 2 rings (SSSR count). The minimum absolute atomic E-state index is 0.360. The summed E-state index contributed by atoms with van der Waals surface area (Å²) in [4.78, 5) is 0. The summed E-state index contributed by atoms with van der Waals surface area (Å²) in [5.74, 6) is 1.01. The average Bonchev–Trinajstić information content (AvgIpc) is 2.97. The van der Waals surface area contributed by atoms with Gasteiger partial charge in [0.1, 0.15) is 5.76 Å². The van der Waals surface area contributed by atoms with Crippen LogP contribution >= 0.6 is 15.9 Å². The van der Waals surface area contributed by atoms with E-state index in [9.17, 15) is 0 Å². The van der Waals surface area contributed by atoms with Gasteiger partial charge in [-0.1, -0.05) is 0 Å². The van der Waals surface area contributed by atoms with Gasteiger partial charge in [0.05, 0.1) is 22.1 Å². The fraction of sp³-hybridized carbons (Fsp3) is 0.500. The summed E-state index contributed by atoms with van der Waals surface area (Å²) in [6.07, 6.45) is 2.61. The Hall–Kier alpha value is -1.07. The number of aryl methyl sites for hydroxylation is 2. The first-order chi connectivity index (χ1) is 9.11. The van der Waals surface area contributed by atoms with E-state index in [0.29, 0.717) is 6.04 Å². The maximum absolute atomic E-state index is 5.36. The van der Waals surface area contributed by atoms with Gasteiger partial charge in [-0.25, -0.2) is 0 Å². The Kier molecular flexibility index (Phi) is 4.82. The molecule has 104 valence electrons. The first-order valence-electron chi connectivity index (χ1n) is 6.59. The number of halogens is 1. The Morgan fingerprint density at radius 2 is 2.32 bits per heavy atom. The van der Waals surface area contributed by atoms with E-state index >= 15 is 0 Å². The molecule has 0 saturated carbocycles. The van der Waals surface area contributed by atoms with Gasteiger partial charge in [0, 0.05) is 25.6 Å². The van der Waals surface area contributed by atoms with Crippen LogP contribution in [0.15, 0.2) is 27.3 Å². The summed E-state index contributed by atoms with van der Waals surface area (Å²) in [6.45, 7) is 7.98. The van der Waals surface area contributed by atoms with Crippen LogP contribution in [0.5, 0.6) is 0 Å². The molecule has 0 saturated heterocycles. The minimum Gasteiger partial charge on any atom is -0.469 e. The second kappa shape index (κ2) is 6.39. The molecule has 0 amide bonds. The van der Waals surface area contributed by atoms with Gasteiger partial charge in [-0.05, 0) is 48.8 Å². The molecule has 2 heterocycles. The Labute approximate surface area is 122 Å². The number of aromatic nitrogens is 2. The molecule has 0 aliphatic heterocycles. The molecule has 1 atom stereocenters. The van der Waals surface area contributed by atoms with Gasteiger partial charge in [-0.3, -0.25) is 4.68 Å². The topological polar surface area (TPSA) is 43.0 Å². The molecule has 5 heteroatoms. The van der Waals surface area contributed by atoms with Crippen molar-refractivity contribution in [3.05, 3.63) is 40.0 Å². The third-order valence-corrected chi connectivity index (χ3v) is 4.19. The van der Waals surface area contributed by atoms with Crippen molar-refractivity contribution in [3.63, 3.8) is 0 Å². The van der Waals surface area contributed by atoms with E-state index in [2.05, 4.69) is 40.2 Å². The largest absolute Gasteiger partial charge is 0.469 e. The molecular weight excluding hydrogens is 306 g/mol. The molecule has 2 aromatic heterocycles. The molecule has 0 aromatic carbocycles. The van der Waals surface area contributed by atoms with Crippen LogP contribution in [0.25, 0.3) is 0 Å². The Bertz CT molecular complexity index is 519. The highest BCUT2D eigenvalue weighted by atomic mass is 79.9. The number of furan rings is 1. The molecule has 0 radical (unpaired) electrons. The molecule has 1 N–H and O–H groups in total. The van der Waals surface area contributed by atoms with E-state index < -0.39 is 0 Å². The van der Waals surface area contributed by atoms with Crippen LogP contribution < -0.4 is 5.32 Å². The van der Waals surface area contributed by atoms with Gasteiger partial charge >= 0.3 is 0 Å². The lowest BCUT2D eigenvalue weighted by Gasteiger charge is -2.13. The molecular formula is C14H20BrN3O. The van der Waals surface area contributed by atoms with Crippen molar-refractivity contribution in [2.75, 3.05) is 0 Å². The molecule has 0 bridgehead atoms. The van der Waals surface area contributed by atoms with E-state index in [1.165, 1.54) is 5.69 Å². The highest BCUT2D eigenvalue weighted by Gasteiger charge is 2.13. The number of rotatable bonds is 6. The van der Waals surface area contributed by atoms with E-state index in [-0.39, 0.29) is 0 Å². The lowest BCUT2D eigenvalue weighted by Crippen LogP contribution is -2.28. The number of hydrogen-bond donors (Lipinski definition) is 1. The van der Waals surface area contributed by atoms with Gasteiger partial charge < -0.3 is 9.73 Å². The van der Waals surface area contributed by atoms with Crippen molar-refractivity contribution < 1.29 is 4.42 Å². The zero-order chi connectivity index (χ0) is 13.8. The van der Waals surface area contributed by atoms with Gasteiger partial charge in [-0.15, -0.1) is 0 Å². The zero-order valence-corrected chi connectivity index (χ0v) is 13.2. The molecule has 4 nitrogen and oxygen atoms in total. The van der Waals surface area contributed by atoms with E-state index in [4.69, 9.17) is 4.42 Å². The smallest absolute Gasteiger partial charge is 0.105 e. The van der Waals surface area contributed by atoms with Crippen LogP contribution in [0.4, 0.5) is 0 Å². The second-order valence-corrected chi connectivity index (χ2v) is 5.52. The second-order valence-electron chi connectivity index (χ2n) is 4.73. The fourth-order valence-corrected chi connectivity index (χ4v) is 2.54. The van der Waals surface area contributed by atoms with Crippen molar-refractivity contribution in [1.82, 2.24) is 15.1 Å². The first-order valence-corrected chi connectivity index (χ1v) is 7.38. The third-order valence-electron chi connectivity index (χ3n) is 3.16. The molecule has 1 unspecified atom stereocenters. The number of nitrogens with one attached hydrogen (secondary N) is 1. The Morgan fingerprint density at radius 3 is 2.95 bits per heavy atom. The summed E-state index contributed by atoms with van der Waals surface area (Å²) in [5, 5.41) is 8.01. The Morgan fingerprint density at radius 1 is 1.53 bits per heavy atom. The fourth-order valence-electron chi connectivity index (χ4n) is 2.11. The molecule has 0 aliphatic rings. The zero-order valence-electron chi connectivity index (χ0n) is 11.6. The van der Waals surface area contributed by atoms with Crippen LogP contribution in [-0.4, -0.2) is 15.8 Å². The van der Waals surface area contributed by atoms with Gasteiger partial charge in [-0.2, -0.15) is 5.10 Å². The summed E-state index contributed by atoms with van der Waals surface area (Å²) in [7, 11) is 0. The van der Waals surface area contributed by atoms with Crippen molar-refractivity contribution in [3.8, 4) is 0 Å². The van der Waals surface area contributed by atoms with E-state index in [1.54, 1.807) is 6.26 Å². The van der Waals surface area contributed by atoms with Crippen molar-refractivity contribution >= 4 is 15.9 Å².